The van der Waals surface area contributed by atoms with E-state index in [2.05, 4.69) is 101 Å². The minimum atomic E-state index is 1.01. The fourth-order valence-corrected chi connectivity index (χ4v) is 4.20. The molecule has 0 bridgehead atoms. The van der Waals surface area contributed by atoms with Crippen LogP contribution in [0.1, 0.15) is 0 Å². The molecule has 5 aromatic rings. The molecule has 0 unspecified atom stereocenters. The van der Waals surface area contributed by atoms with Gasteiger partial charge >= 0.3 is 0 Å². The number of aromatic nitrogens is 2. The molecule has 0 amide bonds. The topological polar surface area (TPSA) is 17.8 Å². The van der Waals surface area contributed by atoms with Gasteiger partial charge in [0, 0.05) is 27.0 Å². The second-order valence-electron chi connectivity index (χ2n) is 6.29. The molecule has 0 saturated carbocycles. The van der Waals surface area contributed by atoms with E-state index < -0.39 is 0 Å². The lowest BCUT2D eigenvalue weighted by Crippen LogP contribution is -1.93. The Morgan fingerprint density at radius 1 is 0.760 bits per heavy atom. The third-order valence-corrected chi connectivity index (χ3v) is 5.51. The van der Waals surface area contributed by atoms with Crippen LogP contribution < -0.4 is 0 Å². The van der Waals surface area contributed by atoms with Gasteiger partial charge in [-0.2, -0.15) is 0 Å². The van der Waals surface area contributed by atoms with Crippen molar-refractivity contribution in [2.45, 2.75) is 0 Å². The van der Waals surface area contributed by atoms with Crippen LogP contribution in [-0.4, -0.2) is 9.55 Å². The fraction of sp³-hybridized carbons (Fsp3) is 0.0455. The number of aryl methyl sites for hydroxylation is 1. The molecule has 25 heavy (non-hydrogen) atoms. The minimum absolute atomic E-state index is 1.01. The Labute approximate surface area is 159 Å². The van der Waals surface area contributed by atoms with Gasteiger partial charge in [-0.15, -0.1) is 0 Å². The maximum Gasteiger partial charge on any atom is 0.140 e. The van der Waals surface area contributed by atoms with Crippen LogP contribution in [0.4, 0.5) is 0 Å². The van der Waals surface area contributed by atoms with E-state index in [1.54, 1.807) is 0 Å². The molecule has 0 aliphatic rings. The van der Waals surface area contributed by atoms with Gasteiger partial charge in [-0.1, -0.05) is 60.7 Å². The summed E-state index contributed by atoms with van der Waals surface area (Å²) >= 11 is 2.38. The molecule has 0 atom stereocenters. The molecule has 2 nitrogen and oxygen atoms in total. The highest BCUT2D eigenvalue weighted by molar-refractivity contribution is 14.1. The maximum atomic E-state index is 5.05. The Kier molecular flexibility index (Phi) is 3.31. The lowest BCUT2D eigenvalue weighted by Gasteiger charge is -2.08. The van der Waals surface area contributed by atoms with Crippen molar-refractivity contribution >= 4 is 55.2 Å². The SMILES string of the molecule is Cn1c(-c2ccccc2)nc2c3ccccc3c3ccc(I)cc3c21. The number of hydrogen-bond donors (Lipinski definition) is 0. The summed E-state index contributed by atoms with van der Waals surface area (Å²) in [4.78, 5) is 5.05. The number of benzene rings is 4. The average Bonchev–Trinajstić information content (AvgIpc) is 3.00. The van der Waals surface area contributed by atoms with Gasteiger partial charge < -0.3 is 4.57 Å². The minimum Gasteiger partial charge on any atom is -0.327 e. The summed E-state index contributed by atoms with van der Waals surface area (Å²) in [5.74, 6) is 1.01. The van der Waals surface area contributed by atoms with Gasteiger partial charge in [0.1, 0.15) is 5.82 Å². The smallest absolute Gasteiger partial charge is 0.140 e. The first kappa shape index (κ1) is 14.9. The molecule has 120 valence electrons. The van der Waals surface area contributed by atoms with Crippen molar-refractivity contribution in [2.24, 2.45) is 7.05 Å². The number of halogens is 1. The van der Waals surface area contributed by atoms with E-state index in [0.717, 1.165) is 16.9 Å². The number of rotatable bonds is 1. The van der Waals surface area contributed by atoms with Crippen molar-refractivity contribution in [3.8, 4) is 11.4 Å². The average molecular weight is 434 g/mol. The lowest BCUT2D eigenvalue weighted by molar-refractivity contribution is 0.962. The van der Waals surface area contributed by atoms with E-state index in [1.807, 2.05) is 6.07 Å². The van der Waals surface area contributed by atoms with Gasteiger partial charge in [-0.25, -0.2) is 4.98 Å². The van der Waals surface area contributed by atoms with Gasteiger partial charge in [-0.3, -0.25) is 0 Å². The molecule has 0 N–H and O–H groups in total. The molecule has 1 heterocycles. The van der Waals surface area contributed by atoms with Crippen molar-refractivity contribution in [2.75, 3.05) is 0 Å². The molecule has 4 aromatic carbocycles. The van der Waals surface area contributed by atoms with Crippen molar-refractivity contribution in [3.63, 3.8) is 0 Å². The summed E-state index contributed by atoms with van der Waals surface area (Å²) in [5, 5.41) is 5.02. The molecule has 0 fully saturated rings. The number of fused-ring (bicyclic) bond motifs is 6. The Balaban J connectivity index is 2.04. The molecule has 0 radical (unpaired) electrons. The van der Waals surface area contributed by atoms with Gasteiger partial charge in [0.25, 0.3) is 0 Å². The quantitative estimate of drug-likeness (QED) is 0.229. The van der Waals surface area contributed by atoms with Crippen LogP contribution in [-0.2, 0) is 7.05 Å². The standard InChI is InChI=1S/C22H15IN2/c1-25-21-19-13-15(23)11-12-17(19)16-9-5-6-10-18(16)20(21)24-22(25)14-7-3-2-4-8-14/h2-13H,1H3. The second kappa shape index (κ2) is 5.56. The molecular formula is C22H15IN2. The van der Waals surface area contributed by atoms with Crippen molar-refractivity contribution in [3.05, 3.63) is 76.4 Å². The predicted molar refractivity (Wildman–Crippen MR) is 114 cm³/mol. The first-order valence-corrected chi connectivity index (χ1v) is 9.34. The van der Waals surface area contributed by atoms with Gasteiger partial charge in [-0.05, 0) is 45.5 Å². The first-order valence-electron chi connectivity index (χ1n) is 8.26. The molecule has 0 saturated heterocycles. The van der Waals surface area contributed by atoms with E-state index in [-0.39, 0.29) is 0 Å². The summed E-state index contributed by atoms with van der Waals surface area (Å²) in [5.41, 5.74) is 3.42. The van der Waals surface area contributed by atoms with Crippen LogP contribution in [0.25, 0.3) is 44.0 Å². The molecule has 0 spiro atoms. The molecule has 3 heteroatoms. The monoisotopic (exact) mass is 434 g/mol. The van der Waals surface area contributed by atoms with Crippen LogP contribution >= 0.6 is 22.6 Å². The van der Waals surface area contributed by atoms with Crippen molar-refractivity contribution < 1.29 is 0 Å². The first-order chi connectivity index (χ1) is 12.2. The second-order valence-corrected chi connectivity index (χ2v) is 7.54. The zero-order valence-electron chi connectivity index (χ0n) is 13.7. The number of nitrogens with zero attached hydrogens (tertiary/aromatic N) is 2. The van der Waals surface area contributed by atoms with E-state index >= 15 is 0 Å². The van der Waals surface area contributed by atoms with E-state index in [4.69, 9.17) is 4.98 Å². The Bertz CT molecular complexity index is 1250. The number of imidazole rings is 1. The summed E-state index contributed by atoms with van der Waals surface area (Å²) in [6.07, 6.45) is 0. The van der Waals surface area contributed by atoms with E-state index in [1.165, 1.54) is 30.6 Å². The largest absolute Gasteiger partial charge is 0.327 e. The Morgan fingerprint density at radius 3 is 2.24 bits per heavy atom. The highest BCUT2D eigenvalue weighted by Crippen LogP contribution is 2.37. The fourth-order valence-electron chi connectivity index (χ4n) is 3.71. The van der Waals surface area contributed by atoms with Crippen LogP contribution in [0.3, 0.4) is 0 Å². The summed E-state index contributed by atoms with van der Waals surface area (Å²) in [7, 11) is 2.12. The summed E-state index contributed by atoms with van der Waals surface area (Å²) < 4.78 is 3.47. The third-order valence-electron chi connectivity index (χ3n) is 4.84. The molecule has 5 rings (SSSR count). The van der Waals surface area contributed by atoms with Crippen molar-refractivity contribution in [1.82, 2.24) is 9.55 Å². The van der Waals surface area contributed by atoms with Crippen molar-refractivity contribution in [1.29, 1.82) is 0 Å². The number of hydrogen-bond acceptors (Lipinski definition) is 1. The van der Waals surface area contributed by atoms with Crippen LogP contribution in [0.5, 0.6) is 0 Å². The zero-order valence-corrected chi connectivity index (χ0v) is 15.9. The summed E-state index contributed by atoms with van der Waals surface area (Å²) in [6, 6.07) is 25.7. The third kappa shape index (κ3) is 2.19. The highest BCUT2D eigenvalue weighted by atomic mass is 127. The zero-order chi connectivity index (χ0) is 17.0. The van der Waals surface area contributed by atoms with Crippen LogP contribution in [0.2, 0.25) is 0 Å². The Hall–Kier alpha value is -2.40. The maximum absolute atomic E-state index is 5.05. The van der Waals surface area contributed by atoms with Gasteiger partial charge in [0.2, 0.25) is 0 Å². The predicted octanol–water partition coefficient (Wildman–Crippen LogP) is 6.15. The highest BCUT2D eigenvalue weighted by Gasteiger charge is 2.16. The van der Waals surface area contributed by atoms with E-state index in [0.29, 0.717) is 0 Å². The lowest BCUT2D eigenvalue weighted by atomic mass is 10.00. The van der Waals surface area contributed by atoms with Crippen LogP contribution in [0.15, 0.2) is 72.8 Å². The van der Waals surface area contributed by atoms with Gasteiger partial charge in [0.15, 0.2) is 0 Å². The summed E-state index contributed by atoms with van der Waals surface area (Å²) in [6.45, 7) is 0. The van der Waals surface area contributed by atoms with E-state index in [9.17, 15) is 0 Å². The normalized spacial score (nSPS) is 11.6. The Morgan fingerprint density at radius 2 is 1.44 bits per heavy atom. The molecule has 0 aliphatic carbocycles. The molecular weight excluding hydrogens is 419 g/mol. The molecule has 1 aromatic heterocycles. The van der Waals surface area contributed by atoms with Crippen LogP contribution in [0, 0.1) is 3.57 Å². The molecule has 0 aliphatic heterocycles. The van der Waals surface area contributed by atoms with Gasteiger partial charge in [0.05, 0.1) is 11.0 Å².